The van der Waals surface area contributed by atoms with E-state index in [1.54, 1.807) is 32.3 Å². The van der Waals surface area contributed by atoms with Gasteiger partial charge >= 0.3 is 8.53 Å². The van der Waals surface area contributed by atoms with Crippen molar-refractivity contribution in [3.63, 3.8) is 0 Å². The van der Waals surface area contributed by atoms with Crippen LogP contribution in [0.15, 0.2) is 54.7 Å². The minimum absolute atomic E-state index is 0.0970. The Morgan fingerprint density at radius 1 is 1.14 bits per heavy atom. The second-order valence-corrected chi connectivity index (χ2v) is 8.18. The van der Waals surface area contributed by atoms with Crippen LogP contribution in [-0.4, -0.2) is 69.3 Å². The van der Waals surface area contributed by atoms with E-state index in [0.717, 1.165) is 29.5 Å². The van der Waals surface area contributed by atoms with E-state index in [1.807, 2.05) is 36.5 Å². The lowest BCUT2D eigenvalue weighted by Crippen LogP contribution is -2.20. The molecule has 0 saturated carbocycles. The number of nitrogens with one attached hydrogen (secondary N) is 2. The minimum Gasteiger partial charge on any atom is -0.483 e. The van der Waals surface area contributed by atoms with Crippen molar-refractivity contribution in [1.82, 2.24) is 15.3 Å². The highest BCUT2D eigenvalue weighted by atomic mass is 31.2. The molecule has 0 spiro atoms. The van der Waals surface area contributed by atoms with Crippen LogP contribution in [0.4, 0.5) is 0 Å². The number of carbonyl (C=O) groups excluding carboxylic acids is 2. The van der Waals surface area contributed by atoms with Gasteiger partial charge in [0.05, 0.1) is 12.7 Å². The van der Waals surface area contributed by atoms with Crippen molar-refractivity contribution >= 4 is 38.1 Å². The first-order valence-electron chi connectivity index (χ1n) is 10.9. The third-order valence-electron chi connectivity index (χ3n) is 4.11. The third-order valence-corrected chi connectivity index (χ3v) is 5.43. The summed E-state index contributed by atoms with van der Waals surface area (Å²) < 4.78 is 17.3. The molecule has 2 rings (SSSR count). The van der Waals surface area contributed by atoms with Gasteiger partial charge in [-0.15, -0.1) is 0 Å². The van der Waals surface area contributed by atoms with Gasteiger partial charge in [0.25, 0.3) is 12.4 Å². The lowest BCUT2D eigenvalue weighted by molar-refractivity contribution is -0.123. The van der Waals surface area contributed by atoms with Gasteiger partial charge in [-0.05, 0) is 17.9 Å². The van der Waals surface area contributed by atoms with Crippen LogP contribution < -0.4 is 14.9 Å². The van der Waals surface area contributed by atoms with E-state index in [-0.39, 0.29) is 12.6 Å². The predicted molar refractivity (Wildman–Crippen MR) is 138 cm³/mol. The van der Waals surface area contributed by atoms with E-state index in [1.165, 1.54) is 6.08 Å². The van der Waals surface area contributed by atoms with Crippen molar-refractivity contribution in [1.29, 1.82) is 0 Å². The van der Waals surface area contributed by atoms with Gasteiger partial charge in [0.1, 0.15) is 5.75 Å². The summed E-state index contributed by atoms with van der Waals surface area (Å²) in [5.74, 6) is 0.430. The molecule has 0 saturated heterocycles. The molecule has 0 heterocycles. The largest absolute Gasteiger partial charge is 0.483 e. The number of imide groups is 1. The number of methoxy groups -OCH3 is 1. The van der Waals surface area contributed by atoms with Crippen LogP contribution in [0.1, 0.15) is 20.3 Å². The van der Waals surface area contributed by atoms with Crippen molar-refractivity contribution in [3.8, 4) is 5.75 Å². The van der Waals surface area contributed by atoms with E-state index in [0.29, 0.717) is 13.0 Å². The van der Waals surface area contributed by atoms with Gasteiger partial charge in [0.2, 0.25) is 6.41 Å². The number of carbonyl (C=O) groups is 3. The van der Waals surface area contributed by atoms with Crippen LogP contribution in [0.25, 0.3) is 10.8 Å². The Kier molecular flexibility index (Phi) is 18.6. The molecule has 2 aromatic rings. The fourth-order valence-corrected chi connectivity index (χ4v) is 3.53. The number of benzene rings is 2. The molecule has 35 heavy (non-hydrogen) atoms. The zero-order valence-electron chi connectivity index (χ0n) is 20.8. The molecule has 10 nitrogen and oxygen atoms in total. The molecule has 0 bridgehead atoms. The molecule has 0 aliphatic carbocycles. The fraction of sp³-hybridized carbons (Fsp3) is 0.375. The number of hydrogen-bond donors (Lipinski definition) is 3. The highest BCUT2D eigenvalue weighted by molar-refractivity contribution is 7.45. The Labute approximate surface area is 208 Å². The van der Waals surface area contributed by atoms with Crippen LogP contribution >= 0.6 is 8.53 Å². The van der Waals surface area contributed by atoms with Crippen molar-refractivity contribution in [2.24, 2.45) is 0 Å². The molecule has 0 aromatic heterocycles. The number of amides is 2. The molecule has 0 radical (unpaired) electrons. The highest BCUT2D eigenvalue weighted by Crippen LogP contribution is 2.38. The minimum atomic E-state index is -1.18. The maximum absolute atomic E-state index is 10.5. The first-order valence-corrected chi connectivity index (χ1v) is 12.1. The molecule has 2 atom stereocenters. The lowest BCUT2D eigenvalue weighted by atomic mass is 10.1. The van der Waals surface area contributed by atoms with Gasteiger partial charge in [0, 0.05) is 45.4 Å². The van der Waals surface area contributed by atoms with Gasteiger partial charge in [-0.25, -0.2) is 5.09 Å². The quantitative estimate of drug-likeness (QED) is 0.224. The fourth-order valence-electron chi connectivity index (χ4n) is 2.42. The lowest BCUT2D eigenvalue weighted by Gasteiger charge is -2.21. The van der Waals surface area contributed by atoms with E-state index in [4.69, 9.17) is 23.7 Å². The molecular weight excluding hydrogens is 473 g/mol. The summed E-state index contributed by atoms with van der Waals surface area (Å²) in [6.07, 6.45) is 4.19. The summed E-state index contributed by atoms with van der Waals surface area (Å²) in [6, 6.07) is 14.2. The second kappa shape index (κ2) is 20.3. The maximum Gasteiger partial charge on any atom is 0.318 e. The summed E-state index contributed by atoms with van der Waals surface area (Å²) in [6.45, 7) is 5.19. The zero-order chi connectivity index (χ0) is 26.5. The second-order valence-electron chi connectivity index (χ2n) is 6.91. The smallest absolute Gasteiger partial charge is 0.318 e. The molecule has 2 aromatic carbocycles. The summed E-state index contributed by atoms with van der Waals surface area (Å²) in [7, 11) is 4.09. The van der Waals surface area contributed by atoms with Gasteiger partial charge in [-0.2, -0.15) is 0 Å². The Bertz CT molecular complexity index is 887. The Morgan fingerprint density at radius 3 is 2.37 bits per heavy atom. The SMILES string of the molecule is CCNP(OCC(CC)OC)Oc1cccc2ccccc12.CN(C)/C=C\C(=O)NC=O.O=CO. The van der Waals surface area contributed by atoms with Crippen molar-refractivity contribution in [3.05, 3.63) is 54.7 Å². The predicted octanol–water partition coefficient (Wildman–Crippen LogP) is 3.53. The number of rotatable bonds is 12. The van der Waals surface area contributed by atoms with E-state index < -0.39 is 14.4 Å². The molecule has 0 fully saturated rings. The van der Waals surface area contributed by atoms with E-state index >= 15 is 0 Å². The van der Waals surface area contributed by atoms with Crippen LogP contribution in [-0.2, 0) is 23.6 Å². The molecule has 2 amide bonds. The highest BCUT2D eigenvalue weighted by Gasteiger charge is 2.16. The first kappa shape index (κ1) is 32.0. The molecule has 0 aliphatic rings. The van der Waals surface area contributed by atoms with Gasteiger partial charge < -0.3 is 23.8 Å². The molecule has 0 aliphatic heterocycles. The standard InChI is InChI=1S/C17H24NO3P.C6H10N2O2.CH2O2/c1-4-15(19-3)13-20-22(18-5-2)21-17-12-8-10-14-9-6-7-11-16(14)17;1-8(2)4-3-6(10)7-5-9;2-1-3/h6-12,15,18H,4-5,13H2,1-3H3;3-5H,1-2H3,(H,7,9,10);1H,(H,2,3)/b;4-3-;. The van der Waals surface area contributed by atoms with Crippen molar-refractivity contribution < 1.29 is 33.3 Å². The molecule has 11 heteroatoms. The molecule has 194 valence electrons. The van der Waals surface area contributed by atoms with Crippen molar-refractivity contribution in [2.75, 3.05) is 34.4 Å². The number of hydrogen-bond acceptors (Lipinski definition) is 8. The normalized spacial score (nSPS) is 11.8. The molecule has 3 N–H and O–H groups in total. The summed E-state index contributed by atoms with van der Waals surface area (Å²) in [4.78, 5) is 30.2. The average molecular weight is 510 g/mol. The molecular formula is C24H36N3O7P. The number of carboxylic acid groups (broad SMARTS) is 1. The van der Waals surface area contributed by atoms with E-state index in [9.17, 15) is 9.59 Å². The van der Waals surface area contributed by atoms with Crippen LogP contribution in [0.2, 0.25) is 0 Å². The Hall–Kier alpha value is -3.04. The number of nitrogens with zero attached hydrogens (tertiary/aromatic N) is 1. The third kappa shape index (κ3) is 14.7. The summed E-state index contributed by atoms with van der Waals surface area (Å²) >= 11 is 0. The Balaban J connectivity index is 0.000000745. The number of ether oxygens (including phenoxy) is 1. The first-order chi connectivity index (χ1) is 16.9. The van der Waals surface area contributed by atoms with Crippen LogP contribution in [0.3, 0.4) is 0 Å². The summed E-state index contributed by atoms with van der Waals surface area (Å²) in [5.41, 5.74) is 0. The Morgan fingerprint density at radius 2 is 1.80 bits per heavy atom. The average Bonchev–Trinajstić information content (AvgIpc) is 2.85. The monoisotopic (exact) mass is 509 g/mol. The van der Waals surface area contributed by atoms with Crippen molar-refractivity contribution in [2.45, 2.75) is 26.4 Å². The zero-order valence-corrected chi connectivity index (χ0v) is 21.7. The van der Waals surface area contributed by atoms with E-state index in [2.05, 4.69) is 30.2 Å². The topological polar surface area (TPSA) is 126 Å². The van der Waals surface area contributed by atoms with Crippen LogP contribution in [0.5, 0.6) is 5.75 Å². The van der Waals surface area contributed by atoms with Gasteiger partial charge in [-0.3, -0.25) is 19.7 Å². The summed E-state index contributed by atoms with van der Waals surface area (Å²) in [5, 5.41) is 14.4. The number of fused-ring (bicyclic) bond motifs is 1. The maximum atomic E-state index is 10.5. The van der Waals surface area contributed by atoms with Gasteiger partial charge in [0.15, 0.2) is 0 Å². The van der Waals surface area contributed by atoms with Crippen LogP contribution in [0, 0.1) is 0 Å². The van der Waals surface area contributed by atoms with Gasteiger partial charge in [-0.1, -0.05) is 50.2 Å². The molecule has 2 unspecified atom stereocenters.